The van der Waals surface area contributed by atoms with Gasteiger partial charge in [-0.25, -0.2) is 4.98 Å². The molecule has 2 aromatic carbocycles. The van der Waals surface area contributed by atoms with Crippen molar-refractivity contribution in [1.29, 1.82) is 0 Å². The molecule has 28 heavy (non-hydrogen) atoms. The third-order valence-corrected chi connectivity index (χ3v) is 5.13. The Morgan fingerprint density at radius 3 is 2.93 bits per heavy atom. The molecule has 0 aliphatic heterocycles. The number of amides is 1. The van der Waals surface area contributed by atoms with Gasteiger partial charge in [-0.1, -0.05) is 18.2 Å². The number of nitrogen functional groups attached to an aromatic ring is 1. The first kappa shape index (κ1) is 19.9. The molecule has 0 bridgehead atoms. The fourth-order valence-corrected chi connectivity index (χ4v) is 3.74. The summed E-state index contributed by atoms with van der Waals surface area (Å²) in [6.07, 6.45) is 4.68. The van der Waals surface area contributed by atoms with Crippen LogP contribution in [0.2, 0.25) is 0 Å². The maximum absolute atomic E-state index is 12.5. The fraction of sp³-hybridized carbons (Fsp3) is 0.286. The number of rotatable bonds is 4. The number of carbonyl (C=O) groups excluding carboxylic acids is 1. The minimum atomic E-state index is -0.119. The SMILES string of the molecule is Cl.Nc1ccc2c(c1)CCCC2NC(=O)CCn1cnc2ccccc2c1=O. The monoisotopic (exact) mass is 398 g/mol. The van der Waals surface area contributed by atoms with Crippen molar-refractivity contribution in [2.45, 2.75) is 38.3 Å². The lowest BCUT2D eigenvalue weighted by Gasteiger charge is -2.26. The van der Waals surface area contributed by atoms with E-state index in [0.29, 0.717) is 17.4 Å². The Balaban J connectivity index is 0.00000225. The lowest BCUT2D eigenvalue weighted by atomic mass is 9.87. The number of para-hydroxylation sites is 1. The minimum absolute atomic E-state index is 0. The number of carbonyl (C=O) groups is 1. The molecule has 7 heteroatoms. The molecule has 4 rings (SSSR count). The van der Waals surface area contributed by atoms with Crippen LogP contribution < -0.4 is 16.6 Å². The summed E-state index contributed by atoms with van der Waals surface area (Å²) in [4.78, 5) is 29.3. The fourth-order valence-electron chi connectivity index (χ4n) is 3.74. The first-order valence-electron chi connectivity index (χ1n) is 9.23. The Bertz CT molecular complexity index is 1060. The Morgan fingerprint density at radius 1 is 1.25 bits per heavy atom. The van der Waals surface area contributed by atoms with Gasteiger partial charge in [0.15, 0.2) is 0 Å². The molecule has 6 nitrogen and oxygen atoms in total. The van der Waals surface area contributed by atoms with E-state index in [4.69, 9.17) is 5.73 Å². The molecule has 1 atom stereocenters. The van der Waals surface area contributed by atoms with E-state index < -0.39 is 0 Å². The van der Waals surface area contributed by atoms with Crippen LogP contribution in [0.25, 0.3) is 10.9 Å². The first-order valence-corrected chi connectivity index (χ1v) is 9.23. The smallest absolute Gasteiger partial charge is 0.261 e. The molecule has 1 aliphatic carbocycles. The molecule has 1 aromatic heterocycles. The Labute approximate surface area is 169 Å². The number of fused-ring (bicyclic) bond motifs is 2. The summed E-state index contributed by atoms with van der Waals surface area (Å²) in [6, 6.07) is 13.1. The third-order valence-electron chi connectivity index (χ3n) is 5.13. The number of aromatic nitrogens is 2. The van der Waals surface area contributed by atoms with Gasteiger partial charge in [0.05, 0.1) is 23.3 Å². The Hall–Kier alpha value is -2.86. The number of hydrogen-bond donors (Lipinski definition) is 2. The van der Waals surface area contributed by atoms with E-state index in [9.17, 15) is 9.59 Å². The predicted octanol–water partition coefficient (Wildman–Crippen LogP) is 2.98. The molecule has 0 fully saturated rings. The van der Waals surface area contributed by atoms with Crippen LogP contribution >= 0.6 is 12.4 Å². The van der Waals surface area contributed by atoms with Gasteiger partial charge >= 0.3 is 0 Å². The quantitative estimate of drug-likeness (QED) is 0.661. The summed E-state index contributed by atoms with van der Waals surface area (Å²) in [5.74, 6) is -0.0651. The van der Waals surface area contributed by atoms with Crippen LogP contribution in [0.3, 0.4) is 0 Å². The molecule has 1 aliphatic rings. The highest BCUT2D eigenvalue weighted by Gasteiger charge is 2.21. The topological polar surface area (TPSA) is 90.0 Å². The van der Waals surface area contributed by atoms with Gasteiger partial charge in [-0.2, -0.15) is 0 Å². The molecule has 0 saturated carbocycles. The number of aryl methyl sites for hydroxylation is 2. The molecule has 0 spiro atoms. The van der Waals surface area contributed by atoms with Crippen LogP contribution in [0.15, 0.2) is 53.6 Å². The standard InChI is InChI=1S/C21H22N4O2.ClH/c22-15-8-9-16-14(12-15)4-3-7-19(16)24-20(26)10-11-25-13-23-18-6-2-1-5-17(18)21(25)27;/h1-2,5-6,8-9,12-13,19H,3-4,7,10-11,22H2,(H,24,26);1H. The van der Waals surface area contributed by atoms with Crippen molar-refractivity contribution in [2.24, 2.45) is 0 Å². The van der Waals surface area contributed by atoms with Gasteiger partial charge in [-0.05, 0) is 54.7 Å². The van der Waals surface area contributed by atoms with Crippen molar-refractivity contribution in [3.63, 3.8) is 0 Å². The number of nitrogens with one attached hydrogen (secondary N) is 1. The molecule has 1 heterocycles. The van der Waals surface area contributed by atoms with E-state index in [2.05, 4.69) is 10.3 Å². The second-order valence-electron chi connectivity index (χ2n) is 6.98. The van der Waals surface area contributed by atoms with E-state index in [-0.39, 0.29) is 36.3 Å². The van der Waals surface area contributed by atoms with Gasteiger partial charge in [0.2, 0.25) is 5.91 Å². The van der Waals surface area contributed by atoms with Crippen molar-refractivity contribution in [3.05, 3.63) is 70.3 Å². The molecule has 3 N–H and O–H groups in total. The zero-order valence-electron chi connectivity index (χ0n) is 15.4. The molecule has 0 radical (unpaired) electrons. The third kappa shape index (κ3) is 4.02. The van der Waals surface area contributed by atoms with Crippen molar-refractivity contribution in [2.75, 3.05) is 5.73 Å². The summed E-state index contributed by atoms with van der Waals surface area (Å²) in [6.45, 7) is 0.309. The summed E-state index contributed by atoms with van der Waals surface area (Å²) >= 11 is 0. The van der Waals surface area contributed by atoms with Crippen molar-refractivity contribution >= 4 is 34.9 Å². The Kier molecular flexibility index (Phi) is 5.99. The van der Waals surface area contributed by atoms with Gasteiger partial charge in [0, 0.05) is 18.7 Å². The zero-order chi connectivity index (χ0) is 18.8. The number of benzene rings is 2. The Morgan fingerprint density at radius 2 is 2.07 bits per heavy atom. The van der Waals surface area contributed by atoms with Crippen LogP contribution in [0.5, 0.6) is 0 Å². The number of anilines is 1. The largest absolute Gasteiger partial charge is 0.399 e. The average Bonchev–Trinajstić information content (AvgIpc) is 2.67. The maximum atomic E-state index is 12.5. The average molecular weight is 399 g/mol. The van der Waals surface area contributed by atoms with Gasteiger partial charge in [-0.15, -0.1) is 12.4 Å². The normalized spacial score (nSPS) is 15.5. The van der Waals surface area contributed by atoms with E-state index in [0.717, 1.165) is 30.5 Å². The van der Waals surface area contributed by atoms with Gasteiger partial charge in [0.25, 0.3) is 5.56 Å². The van der Waals surface area contributed by atoms with E-state index in [1.165, 1.54) is 16.5 Å². The molecular weight excluding hydrogens is 376 g/mol. The van der Waals surface area contributed by atoms with Crippen molar-refractivity contribution in [1.82, 2.24) is 14.9 Å². The second kappa shape index (κ2) is 8.44. The molecule has 1 unspecified atom stereocenters. The van der Waals surface area contributed by atoms with Crippen LogP contribution in [0, 0.1) is 0 Å². The lowest BCUT2D eigenvalue weighted by Crippen LogP contribution is -2.32. The summed E-state index contributed by atoms with van der Waals surface area (Å²) in [7, 11) is 0. The highest BCUT2D eigenvalue weighted by molar-refractivity contribution is 5.85. The maximum Gasteiger partial charge on any atom is 0.261 e. The number of hydrogen-bond acceptors (Lipinski definition) is 4. The minimum Gasteiger partial charge on any atom is -0.399 e. The lowest BCUT2D eigenvalue weighted by molar-refractivity contribution is -0.122. The summed E-state index contributed by atoms with van der Waals surface area (Å²) in [5.41, 5.74) is 9.53. The molecule has 0 saturated heterocycles. The van der Waals surface area contributed by atoms with Gasteiger partial charge in [0.1, 0.15) is 0 Å². The van der Waals surface area contributed by atoms with Crippen LogP contribution in [-0.4, -0.2) is 15.5 Å². The van der Waals surface area contributed by atoms with Crippen molar-refractivity contribution in [3.8, 4) is 0 Å². The van der Waals surface area contributed by atoms with E-state index in [1.54, 1.807) is 12.1 Å². The van der Waals surface area contributed by atoms with Crippen LogP contribution in [0.1, 0.15) is 36.4 Å². The van der Waals surface area contributed by atoms with Gasteiger partial charge in [-0.3, -0.25) is 14.2 Å². The van der Waals surface area contributed by atoms with E-state index >= 15 is 0 Å². The number of nitrogens with two attached hydrogens (primary N) is 1. The molecule has 3 aromatic rings. The molecule has 1 amide bonds. The van der Waals surface area contributed by atoms with Crippen molar-refractivity contribution < 1.29 is 4.79 Å². The van der Waals surface area contributed by atoms with E-state index in [1.807, 2.05) is 30.3 Å². The molecular formula is C21H23ClN4O2. The highest BCUT2D eigenvalue weighted by atomic mass is 35.5. The van der Waals surface area contributed by atoms with Gasteiger partial charge < -0.3 is 11.1 Å². The summed E-state index contributed by atoms with van der Waals surface area (Å²) in [5, 5.41) is 3.67. The summed E-state index contributed by atoms with van der Waals surface area (Å²) < 4.78 is 1.50. The van der Waals surface area contributed by atoms with Crippen LogP contribution in [-0.2, 0) is 17.8 Å². The second-order valence-corrected chi connectivity index (χ2v) is 6.98. The molecule has 146 valence electrons. The number of halogens is 1. The predicted molar refractivity (Wildman–Crippen MR) is 113 cm³/mol. The first-order chi connectivity index (χ1) is 13.1. The number of nitrogens with zero attached hydrogens (tertiary/aromatic N) is 2. The highest BCUT2D eigenvalue weighted by Crippen LogP contribution is 2.31. The van der Waals surface area contributed by atoms with Crippen LogP contribution in [0.4, 0.5) is 5.69 Å². The zero-order valence-corrected chi connectivity index (χ0v) is 16.2.